The lowest BCUT2D eigenvalue weighted by atomic mass is 9.75. The topological polar surface area (TPSA) is 98.7 Å². The fourth-order valence-electron chi connectivity index (χ4n) is 3.07. The molecule has 0 fully saturated rings. The van der Waals surface area contributed by atoms with Gasteiger partial charge in [0.05, 0.1) is 21.5 Å². The summed E-state index contributed by atoms with van der Waals surface area (Å²) in [6.45, 7) is 3.81. The summed E-state index contributed by atoms with van der Waals surface area (Å²) >= 11 is 15.7. The van der Waals surface area contributed by atoms with Crippen LogP contribution < -0.4 is 10.6 Å². The van der Waals surface area contributed by atoms with E-state index >= 15 is 0 Å². The Morgan fingerprint density at radius 2 is 1.71 bits per heavy atom. The molecule has 10 heteroatoms. The van der Waals surface area contributed by atoms with Crippen molar-refractivity contribution in [2.45, 2.75) is 38.7 Å². The van der Waals surface area contributed by atoms with Crippen LogP contribution in [0.2, 0.25) is 10.0 Å². The van der Waals surface area contributed by atoms with E-state index in [1.165, 1.54) is 6.07 Å². The summed E-state index contributed by atoms with van der Waals surface area (Å²) < 4.78 is 0.494. The van der Waals surface area contributed by atoms with Crippen molar-refractivity contribution in [2.75, 3.05) is 0 Å². The van der Waals surface area contributed by atoms with Gasteiger partial charge in [-0.1, -0.05) is 67.4 Å². The van der Waals surface area contributed by atoms with Crippen molar-refractivity contribution in [1.29, 1.82) is 0 Å². The van der Waals surface area contributed by atoms with E-state index in [-0.39, 0.29) is 27.9 Å². The Morgan fingerprint density at radius 1 is 1.06 bits per heavy atom. The lowest BCUT2D eigenvalue weighted by Gasteiger charge is -2.24. The maximum absolute atomic E-state index is 13.0. The Labute approximate surface area is 200 Å². The third kappa shape index (κ3) is 7.51. The Balaban J connectivity index is 2.29. The number of amides is 2. The number of nitrogens with one attached hydrogen (secondary N) is 2. The van der Waals surface area contributed by atoms with Crippen molar-refractivity contribution in [2.24, 2.45) is 5.92 Å². The Hall–Kier alpha value is -1.58. The Bertz CT molecular complexity index is 916. The number of carbonyl (C=O) groups is 2. The molecule has 0 aliphatic carbocycles. The van der Waals surface area contributed by atoms with Gasteiger partial charge in [0.15, 0.2) is 0 Å². The Morgan fingerprint density at radius 3 is 2.29 bits per heavy atom. The van der Waals surface area contributed by atoms with Gasteiger partial charge in [-0.05, 0) is 46.0 Å². The van der Waals surface area contributed by atoms with Crippen LogP contribution in [0.1, 0.15) is 36.2 Å². The first-order valence-electron chi connectivity index (χ1n) is 9.75. The summed E-state index contributed by atoms with van der Waals surface area (Å²) in [5, 5.41) is 24.9. The van der Waals surface area contributed by atoms with Crippen molar-refractivity contribution in [3.63, 3.8) is 0 Å². The summed E-state index contributed by atoms with van der Waals surface area (Å²) in [5.74, 6) is -1.91. The van der Waals surface area contributed by atoms with Crippen LogP contribution in [-0.4, -0.2) is 41.0 Å². The van der Waals surface area contributed by atoms with E-state index in [1.54, 1.807) is 6.07 Å². The van der Waals surface area contributed by atoms with E-state index in [0.29, 0.717) is 10.9 Å². The van der Waals surface area contributed by atoms with Crippen LogP contribution in [0.15, 0.2) is 46.9 Å². The van der Waals surface area contributed by atoms with Gasteiger partial charge < -0.3 is 20.7 Å². The second-order valence-corrected chi connectivity index (χ2v) is 9.23. The van der Waals surface area contributed by atoms with Crippen molar-refractivity contribution < 1.29 is 19.6 Å². The molecule has 6 nitrogen and oxygen atoms in total. The van der Waals surface area contributed by atoms with Gasteiger partial charge in [0.2, 0.25) is 5.91 Å². The van der Waals surface area contributed by atoms with E-state index in [2.05, 4.69) is 26.6 Å². The van der Waals surface area contributed by atoms with Gasteiger partial charge in [0.25, 0.3) is 5.91 Å². The molecule has 2 atom stereocenters. The molecule has 2 rings (SSSR count). The van der Waals surface area contributed by atoms with Gasteiger partial charge >= 0.3 is 7.12 Å². The first kappa shape index (κ1) is 25.7. The van der Waals surface area contributed by atoms with Gasteiger partial charge in [0.1, 0.15) is 6.04 Å². The van der Waals surface area contributed by atoms with Gasteiger partial charge in [-0.3, -0.25) is 9.59 Å². The molecular weight excluding hydrogens is 506 g/mol. The zero-order chi connectivity index (χ0) is 23.1. The van der Waals surface area contributed by atoms with Gasteiger partial charge in [-0.2, -0.15) is 0 Å². The van der Waals surface area contributed by atoms with Crippen molar-refractivity contribution in [3.8, 4) is 0 Å². The molecule has 1 unspecified atom stereocenters. The van der Waals surface area contributed by atoms with E-state index < -0.39 is 30.9 Å². The molecule has 2 amide bonds. The first-order valence-corrected chi connectivity index (χ1v) is 11.3. The molecule has 4 N–H and O–H groups in total. The summed E-state index contributed by atoms with van der Waals surface area (Å²) in [4.78, 5) is 26.0. The predicted molar refractivity (Wildman–Crippen MR) is 127 cm³/mol. The third-order valence-electron chi connectivity index (χ3n) is 4.59. The lowest BCUT2D eigenvalue weighted by Crippen LogP contribution is -2.55. The summed E-state index contributed by atoms with van der Waals surface area (Å²) in [6, 6.07) is 11.3. The number of hydrogen-bond donors (Lipinski definition) is 4. The SMILES string of the molecule is CC(C)C[C@H](NC(=O)C(Cc1ccccc1)NC(=O)c1c(Cl)ccc(Br)c1Cl)B(O)O. The molecule has 0 aliphatic rings. The number of carbonyl (C=O) groups excluding carboxylic acids is 2. The average Bonchev–Trinajstić information content (AvgIpc) is 2.70. The maximum Gasteiger partial charge on any atom is 0.475 e. The Kier molecular flexibility index (Phi) is 9.84. The second kappa shape index (κ2) is 11.9. The monoisotopic (exact) mass is 528 g/mol. The number of rotatable bonds is 9. The molecule has 0 aromatic heterocycles. The highest BCUT2D eigenvalue weighted by molar-refractivity contribution is 9.10. The molecule has 31 heavy (non-hydrogen) atoms. The molecule has 166 valence electrons. The van der Waals surface area contributed by atoms with E-state index in [4.69, 9.17) is 23.2 Å². The number of halogens is 3. The van der Waals surface area contributed by atoms with E-state index in [9.17, 15) is 19.6 Å². The summed E-state index contributed by atoms with van der Waals surface area (Å²) in [7, 11) is -1.73. The molecule has 0 radical (unpaired) electrons. The van der Waals surface area contributed by atoms with Crippen LogP contribution in [0, 0.1) is 5.92 Å². The molecule has 0 saturated heterocycles. The van der Waals surface area contributed by atoms with Crippen LogP contribution in [-0.2, 0) is 11.2 Å². The van der Waals surface area contributed by atoms with E-state index in [1.807, 2.05) is 44.2 Å². The van der Waals surface area contributed by atoms with Gasteiger partial charge in [-0.15, -0.1) is 0 Å². The van der Waals surface area contributed by atoms with Crippen LogP contribution in [0.4, 0.5) is 0 Å². The number of hydrogen-bond acceptors (Lipinski definition) is 4. The fraction of sp³-hybridized carbons (Fsp3) is 0.333. The average molecular weight is 530 g/mol. The van der Waals surface area contributed by atoms with E-state index in [0.717, 1.165) is 5.56 Å². The third-order valence-corrected chi connectivity index (χ3v) is 6.19. The molecule has 0 heterocycles. The molecular formula is C21H24BBrCl2N2O4. The molecule has 0 spiro atoms. The smallest absolute Gasteiger partial charge is 0.426 e. The highest BCUT2D eigenvalue weighted by Crippen LogP contribution is 2.31. The van der Waals surface area contributed by atoms with Crippen molar-refractivity contribution >= 4 is 58.1 Å². The minimum atomic E-state index is -1.73. The van der Waals surface area contributed by atoms with Crippen LogP contribution in [0.25, 0.3) is 0 Å². The fourth-order valence-corrected chi connectivity index (χ4v) is 3.94. The summed E-state index contributed by atoms with van der Waals surface area (Å²) in [6.07, 6.45) is 0.552. The molecule has 2 aromatic carbocycles. The van der Waals surface area contributed by atoms with Gasteiger partial charge in [0, 0.05) is 10.9 Å². The normalized spacial score (nSPS) is 12.9. The second-order valence-electron chi connectivity index (χ2n) is 7.59. The molecule has 2 aromatic rings. The lowest BCUT2D eigenvalue weighted by molar-refractivity contribution is -0.123. The largest absolute Gasteiger partial charge is 0.475 e. The highest BCUT2D eigenvalue weighted by Gasteiger charge is 2.31. The predicted octanol–water partition coefficient (Wildman–Crippen LogP) is 3.64. The summed E-state index contributed by atoms with van der Waals surface area (Å²) in [5.41, 5.74) is 0.865. The maximum atomic E-state index is 13.0. The highest BCUT2D eigenvalue weighted by atomic mass is 79.9. The number of benzene rings is 2. The molecule has 0 bridgehead atoms. The van der Waals surface area contributed by atoms with Crippen molar-refractivity contribution in [1.82, 2.24) is 10.6 Å². The quantitative estimate of drug-likeness (QED) is 0.294. The zero-order valence-corrected chi connectivity index (χ0v) is 20.2. The van der Waals surface area contributed by atoms with Gasteiger partial charge in [-0.25, -0.2) is 0 Å². The first-order chi connectivity index (χ1) is 14.6. The zero-order valence-electron chi connectivity index (χ0n) is 17.1. The minimum absolute atomic E-state index is 0.0458. The minimum Gasteiger partial charge on any atom is -0.426 e. The van der Waals surface area contributed by atoms with Crippen LogP contribution in [0.3, 0.4) is 0 Å². The standard InChI is InChI=1S/C21H24BBrCl2N2O4/c1-12(2)10-17(22(30)31)27-20(28)16(11-13-6-4-3-5-7-13)26-21(29)18-15(24)9-8-14(23)19(18)25/h3-9,12,16-17,30-31H,10-11H2,1-2H3,(H,26,29)(H,27,28)/t16?,17-/m0/s1. The van der Waals surface area contributed by atoms with Crippen LogP contribution in [0.5, 0.6) is 0 Å². The molecule has 0 saturated carbocycles. The molecule has 0 aliphatic heterocycles. The van der Waals surface area contributed by atoms with Crippen molar-refractivity contribution in [3.05, 3.63) is 68.1 Å². The van der Waals surface area contributed by atoms with Crippen LogP contribution >= 0.6 is 39.1 Å².